The van der Waals surface area contributed by atoms with Gasteiger partial charge in [0.2, 0.25) is 5.95 Å². The van der Waals surface area contributed by atoms with Crippen LogP contribution < -0.4 is 14.8 Å². The van der Waals surface area contributed by atoms with Crippen LogP contribution in [0.1, 0.15) is 38.8 Å². The molecular weight excluding hydrogens is 400 g/mol. The Morgan fingerprint density at radius 3 is 2.38 bits per heavy atom. The minimum Gasteiger partial charge on any atom is -0.493 e. The number of rotatable bonds is 6. The van der Waals surface area contributed by atoms with Crippen molar-refractivity contribution < 1.29 is 9.47 Å². The molecule has 0 aliphatic rings. The molecule has 6 nitrogen and oxygen atoms in total. The summed E-state index contributed by atoms with van der Waals surface area (Å²) in [6, 6.07) is 14.6. The molecule has 0 amide bonds. The van der Waals surface area contributed by atoms with Crippen molar-refractivity contribution >= 4 is 22.7 Å². The molecule has 166 valence electrons. The van der Waals surface area contributed by atoms with E-state index in [9.17, 15) is 0 Å². The monoisotopic (exact) mass is 430 g/mol. The number of methoxy groups -OCH3 is 2. The number of aryl methyl sites for hydroxylation is 1. The Hall–Kier alpha value is -3.54. The van der Waals surface area contributed by atoms with Gasteiger partial charge in [0.05, 0.1) is 14.2 Å². The summed E-state index contributed by atoms with van der Waals surface area (Å²) in [5.41, 5.74) is 5.24. The summed E-state index contributed by atoms with van der Waals surface area (Å²) < 4.78 is 13.1. The highest BCUT2D eigenvalue weighted by atomic mass is 16.5. The lowest BCUT2D eigenvalue weighted by Gasteiger charge is -2.19. The van der Waals surface area contributed by atoms with Crippen LogP contribution in [0.3, 0.4) is 0 Å². The van der Waals surface area contributed by atoms with Crippen LogP contribution in [0.5, 0.6) is 11.5 Å². The fourth-order valence-electron chi connectivity index (χ4n) is 3.82. The maximum atomic E-state index is 5.52. The van der Waals surface area contributed by atoms with Gasteiger partial charge in [0.25, 0.3) is 0 Å². The first-order valence-electron chi connectivity index (χ1n) is 10.8. The molecule has 32 heavy (non-hydrogen) atoms. The highest BCUT2D eigenvalue weighted by Crippen LogP contribution is 2.35. The molecule has 2 aromatic heterocycles. The third-order valence-corrected chi connectivity index (χ3v) is 5.63. The zero-order valence-corrected chi connectivity index (χ0v) is 19.6. The Morgan fingerprint density at radius 1 is 1.00 bits per heavy atom. The molecule has 0 bridgehead atoms. The van der Waals surface area contributed by atoms with Crippen LogP contribution in [0.25, 0.3) is 16.7 Å². The third kappa shape index (κ3) is 4.13. The molecule has 0 atom stereocenters. The van der Waals surface area contributed by atoms with E-state index in [-0.39, 0.29) is 5.41 Å². The van der Waals surface area contributed by atoms with Crippen LogP contribution in [0.4, 0.5) is 11.6 Å². The fraction of sp³-hybridized carbons (Fsp3) is 0.308. The summed E-state index contributed by atoms with van der Waals surface area (Å²) >= 11 is 0. The number of benzene rings is 2. The van der Waals surface area contributed by atoms with Gasteiger partial charge >= 0.3 is 0 Å². The average Bonchev–Trinajstić information content (AvgIpc) is 3.21. The van der Waals surface area contributed by atoms with Crippen molar-refractivity contribution in [1.29, 1.82) is 0 Å². The van der Waals surface area contributed by atoms with Gasteiger partial charge in [-0.2, -0.15) is 4.98 Å². The first kappa shape index (κ1) is 21.7. The Bertz CT molecular complexity index is 1210. The van der Waals surface area contributed by atoms with Crippen molar-refractivity contribution in [1.82, 2.24) is 14.5 Å². The van der Waals surface area contributed by atoms with E-state index in [0.29, 0.717) is 11.7 Å². The number of anilines is 2. The minimum atomic E-state index is 0.118. The van der Waals surface area contributed by atoms with E-state index >= 15 is 0 Å². The van der Waals surface area contributed by atoms with Gasteiger partial charge in [-0.15, -0.1) is 0 Å². The molecule has 0 aliphatic heterocycles. The Labute approximate surface area is 189 Å². The van der Waals surface area contributed by atoms with Gasteiger partial charge in [-0.05, 0) is 47.2 Å². The number of hydrogen-bond acceptors (Lipinski definition) is 5. The molecule has 2 heterocycles. The van der Waals surface area contributed by atoms with E-state index in [2.05, 4.69) is 66.8 Å². The van der Waals surface area contributed by atoms with E-state index in [1.54, 1.807) is 14.2 Å². The zero-order valence-electron chi connectivity index (χ0n) is 19.6. The van der Waals surface area contributed by atoms with Gasteiger partial charge in [0.1, 0.15) is 5.65 Å². The Kier molecular flexibility index (Phi) is 5.78. The van der Waals surface area contributed by atoms with Gasteiger partial charge in [-0.25, -0.2) is 4.98 Å². The first-order chi connectivity index (χ1) is 15.3. The number of hydrogen-bond donors (Lipinski definition) is 1. The molecule has 6 heteroatoms. The molecule has 0 fully saturated rings. The summed E-state index contributed by atoms with van der Waals surface area (Å²) in [4.78, 5) is 9.30. The summed E-state index contributed by atoms with van der Waals surface area (Å²) in [6.45, 7) is 8.74. The number of fused-ring (bicyclic) bond motifs is 1. The fourth-order valence-corrected chi connectivity index (χ4v) is 3.82. The third-order valence-electron chi connectivity index (χ3n) is 5.63. The summed E-state index contributed by atoms with van der Waals surface area (Å²) in [5.74, 6) is 1.96. The lowest BCUT2D eigenvalue weighted by Crippen LogP contribution is -2.10. The summed E-state index contributed by atoms with van der Waals surface area (Å²) in [7, 11) is 3.30. The topological polar surface area (TPSA) is 61.2 Å². The molecule has 1 N–H and O–H groups in total. The van der Waals surface area contributed by atoms with Gasteiger partial charge in [-0.3, -0.25) is 0 Å². The number of nitrogens with one attached hydrogen (secondary N) is 1. The standard InChI is InChI=1S/C26H30N4O2/c1-7-17-14-20(15-22(31-5)23(17)32-6)28-25-27-16-18-12-13-30(24(18)29-25)21-10-8-19(9-11-21)26(2,3)4/h8-16H,7H2,1-6H3,(H,27,28,29). The molecule has 0 unspecified atom stereocenters. The quantitative estimate of drug-likeness (QED) is 0.404. The number of aromatic nitrogens is 3. The zero-order chi connectivity index (χ0) is 22.9. The van der Waals surface area contributed by atoms with Crippen molar-refractivity contribution in [3.05, 3.63) is 66.0 Å². The van der Waals surface area contributed by atoms with Gasteiger partial charge in [0.15, 0.2) is 11.5 Å². The van der Waals surface area contributed by atoms with Crippen LogP contribution in [-0.2, 0) is 11.8 Å². The van der Waals surface area contributed by atoms with E-state index < -0.39 is 0 Å². The molecular formula is C26H30N4O2. The van der Waals surface area contributed by atoms with Crippen LogP contribution in [-0.4, -0.2) is 28.8 Å². The normalized spacial score (nSPS) is 11.6. The van der Waals surface area contributed by atoms with Crippen LogP contribution in [0.2, 0.25) is 0 Å². The van der Waals surface area contributed by atoms with Crippen LogP contribution >= 0.6 is 0 Å². The second kappa shape index (κ2) is 8.54. The van der Waals surface area contributed by atoms with Crippen molar-refractivity contribution in [2.75, 3.05) is 19.5 Å². The molecule has 2 aromatic carbocycles. The van der Waals surface area contributed by atoms with Crippen LogP contribution in [0.15, 0.2) is 54.9 Å². The molecule has 0 radical (unpaired) electrons. The van der Waals surface area contributed by atoms with Gasteiger partial charge in [0, 0.05) is 35.2 Å². The molecule has 4 rings (SSSR count). The van der Waals surface area contributed by atoms with E-state index in [1.807, 2.05) is 30.6 Å². The molecule has 4 aromatic rings. The number of ether oxygens (including phenoxy) is 2. The molecule has 0 aliphatic carbocycles. The predicted octanol–water partition coefficient (Wildman–Crippen LogP) is 6.04. The largest absolute Gasteiger partial charge is 0.493 e. The van der Waals surface area contributed by atoms with E-state index in [0.717, 1.165) is 40.1 Å². The van der Waals surface area contributed by atoms with E-state index in [4.69, 9.17) is 14.5 Å². The Balaban J connectivity index is 1.69. The van der Waals surface area contributed by atoms with Crippen molar-refractivity contribution in [3.63, 3.8) is 0 Å². The second-order valence-electron chi connectivity index (χ2n) is 8.80. The highest BCUT2D eigenvalue weighted by Gasteiger charge is 2.15. The smallest absolute Gasteiger partial charge is 0.229 e. The first-order valence-corrected chi connectivity index (χ1v) is 10.8. The van der Waals surface area contributed by atoms with E-state index in [1.165, 1.54) is 5.56 Å². The minimum absolute atomic E-state index is 0.118. The second-order valence-corrected chi connectivity index (χ2v) is 8.80. The van der Waals surface area contributed by atoms with Crippen molar-refractivity contribution in [3.8, 4) is 17.2 Å². The highest BCUT2D eigenvalue weighted by molar-refractivity contribution is 5.79. The van der Waals surface area contributed by atoms with Gasteiger partial charge < -0.3 is 19.4 Å². The number of nitrogens with zero attached hydrogens (tertiary/aromatic N) is 3. The maximum absolute atomic E-state index is 5.52. The average molecular weight is 431 g/mol. The predicted molar refractivity (Wildman–Crippen MR) is 130 cm³/mol. The maximum Gasteiger partial charge on any atom is 0.229 e. The Morgan fingerprint density at radius 2 is 1.75 bits per heavy atom. The summed E-state index contributed by atoms with van der Waals surface area (Å²) in [6.07, 6.45) is 4.69. The molecule has 0 saturated carbocycles. The van der Waals surface area contributed by atoms with Crippen LogP contribution in [0, 0.1) is 0 Å². The SMILES string of the molecule is CCc1cc(Nc2ncc3ccn(-c4ccc(C(C)(C)C)cc4)c3n2)cc(OC)c1OC. The van der Waals surface area contributed by atoms with Gasteiger partial charge in [-0.1, -0.05) is 39.8 Å². The summed E-state index contributed by atoms with van der Waals surface area (Å²) in [5, 5.41) is 4.31. The van der Waals surface area contributed by atoms with Crippen molar-refractivity contribution in [2.24, 2.45) is 0 Å². The molecule has 0 saturated heterocycles. The lowest BCUT2D eigenvalue weighted by molar-refractivity contribution is 0.352. The lowest BCUT2D eigenvalue weighted by atomic mass is 9.87. The molecule has 0 spiro atoms. The van der Waals surface area contributed by atoms with Crippen molar-refractivity contribution in [2.45, 2.75) is 39.5 Å².